The van der Waals surface area contributed by atoms with E-state index in [9.17, 15) is 4.79 Å². The van der Waals surface area contributed by atoms with Gasteiger partial charge in [0.15, 0.2) is 0 Å². The number of amides is 1. The van der Waals surface area contributed by atoms with Gasteiger partial charge in [-0.2, -0.15) is 9.78 Å². The van der Waals surface area contributed by atoms with Gasteiger partial charge in [0.1, 0.15) is 5.82 Å². The van der Waals surface area contributed by atoms with E-state index in [1.54, 1.807) is 4.68 Å². The van der Waals surface area contributed by atoms with Crippen molar-refractivity contribution in [1.29, 1.82) is 0 Å². The molecule has 2 heterocycles. The Balaban J connectivity index is 1.75. The molecule has 5 nitrogen and oxygen atoms in total. The van der Waals surface area contributed by atoms with Crippen LogP contribution in [0.2, 0.25) is 0 Å². The number of thiazole rings is 1. The van der Waals surface area contributed by atoms with Crippen LogP contribution in [0.25, 0.3) is 27.6 Å². The minimum atomic E-state index is -0.152. The maximum Gasteiger partial charge on any atom is 0.222 e. The highest BCUT2D eigenvalue weighted by atomic mass is 79.9. The fourth-order valence-electron chi connectivity index (χ4n) is 2.66. The second kappa shape index (κ2) is 7.46. The molecule has 4 aromatic rings. The summed E-state index contributed by atoms with van der Waals surface area (Å²) in [5, 5.41) is 10.2. The highest BCUT2D eigenvalue weighted by molar-refractivity contribution is 9.10. The molecule has 0 aliphatic heterocycles. The van der Waals surface area contributed by atoms with Gasteiger partial charge in [-0.15, -0.1) is 11.3 Å². The lowest BCUT2D eigenvalue weighted by molar-refractivity contribution is -0.114. The third-order valence-corrected chi connectivity index (χ3v) is 5.24. The predicted octanol–water partition coefficient (Wildman–Crippen LogP) is 5.38. The molecular weight excluding hydrogens is 424 g/mol. The monoisotopic (exact) mass is 438 g/mol. The number of anilines is 1. The van der Waals surface area contributed by atoms with Gasteiger partial charge in [-0.05, 0) is 12.1 Å². The number of benzene rings is 2. The van der Waals surface area contributed by atoms with E-state index in [1.807, 2.05) is 66.0 Å². The van der Waals surface area contributed by atoms with Gasteiger partial charge in [0.2, 0.25) is 11.0 Å². The standard InChI is InChI=1S/C20H15BrN4OS/c1-13(26)22-19-11-17(14-5-3-2-4-6-14)24-25(19)20-23-18(12-27-20)15-7-9-16(21)10-8-15/h2-12H,1H3,(H,22,26). The second-order valence-electron chi connectivity index (χ2n) is 5.90. The smallest absolute Gasteiger partial charge is 0.222 e. The number of aromatic nitrogens is 3. The fraction of sp³-hybridized carbons (Fsp3) is 0.0500. The number of carbonyl (C=O) groups is 1. The van der Waals surface area contributed by atoms with Gasteiger partial charge >= 0.3 is 0 Å². The van der Waals surface area contributed by atoms with E-state index in [0.29, 0.717) is 10.9 Å². The number of nitrogens with one attached hydrogen (secondary N) is 1. The molecule has 134 valence electrons. The zero-order chi connectivity index (χ0) is 18.8. The van der Waals surface area contributed by atoms with Gasteiger partial charge in [-0.25, -0.2) is 4.98 Å². The average Bonchev–Trinajstić information content (AvgIpc) is 3.30. The van der Waals surface area contributed by atoms with Crippen molar-refractivity contribution in [3.05, 3.63) is 70.5 Å². The van der Waals surface area contributed by atoms with Gasteiger partial charge in [-0.1, -0.05) is 58.4 Å². The van der Waals surface area contributed by atoms with Crippen LogP contribution < -0.4 is 5.32 Å². The second-order valence-corrected chi connectivity index (χ2v) is 7.65. The molecule has 0 saturated heterocycles. The summed E-state index contributed by atoms with van der Waals surface area (Å²) in [5.74, 6) is 0.443. The third-order valence-electron chi connectivity index (χ3n) is 3.90. The van der Waals surface area contributed by atoms with Gasteiger partial charge in [-0.3, -0.25) is 4.79 Å². The molecule has 2 aromatic heterocycles. The number of rotatable bonds is 4. The maximum absolute atomic E-state index is 11.6. The van der Waals surface area contributed by atoms with Crippen LogP contribution in [-0.4, -0.2) is 20.7 Å². The van der Waals surface area contributed by atoms with E-state index in [4.69, 9.17) is 4.98 Å². The highest BCUT2D eigenvalue weighted by Gasteiger charge is 2.15. The van der Waals surface area contributed by atoms with Crippen molar-refractivity contribution in [3.63, 3.8) is 0 Å². The van der Waals surface area contributed by atoms with Crippen molar-refractivity contribution in [3.8, 4) is 27.6 Å². The van der Waals surface area contributed by atoms with Crippen molar-refractivity contribution in [1.82, 2.24) is 14.8 Å². The lowest BCUT2D eigenvalue weighted by Crippen LogP contribution is -2.10. The van der Waals surface area contributed by atoms with E-state index in [-0.39, 0.29) is 5.91 Å². The van der Waals surface area contributed by atoms with E-state index in [2.05, 4.69) is 26.3 Å². The summed E-state index contributed by atoms with van der Waals surface area (Å²) in [5.41, 5.74) is 3.65. The zero-order valence-electron chi connectivity index (χ0n) is 14.4. The molecule has 0 fully saturated rings. The average molecular weight is 439 g/mol. The topological polar surface area (TPSA) is 59.8 Å². The SMILES string of the molecule is CC(=O)Nc1cc(-c2ccccc2)nn1-c1nc(-c2ccc(Br)cc2)cs1. The van der Waals surface area contributed by atoms with Crippen LogP contribution in [0.4, 0.5) is 5.82 Å². The van der Waals surface area contributed by atoms with Crippen LogP contribution >= 0.6 is 27.3 Å². The molecule has 4 rings (SSSR count). The Bertz CT molecular complexity index is 1090. The van der Waals surface area contributed by atoms with Crippen molar-refractivity contribution in [2.45, 2.75) is 6.92 Å². The van der Waals surface area contributed by atoms with Gasteiger partial charge in [0.25, 0.3) is 0 Å². The Morgan fingerprint density at radius 1 is 1.04 bits per heavy atom. The molecule has 1 amide bonds. The molecule has 1 N–H and O–H groups in total. The summed E-state index contributed by atoms with van der Waals surface area (Å²) in [6.45, 7) is 1.48. The first-order valence-corrected chi connectivity index (χ1v) is 9.92. The summed E-state index contributed by atoms with van der Waals surface area (Å²) in [7, 11) is 0. The number of hydrogen-bond acceptors (Lipinski definition) is 4. The Kier molecular flexibility index (Phi) is 4.87. The van der Waals surface area contributed by atoms with Crippen LogP contribution in [0.5, 0.6) is 0 Å². The quantitative estimate of drug-likeness (QED) is 0.464. The number of halogens is 1. The summed E-state index contributed by atoms with van der Waals surface area (Å²) in [4.78, 5) is 16.3. The predicted molar refractivity (Wildman–Crippen MR) is 112 cm³/mol. The summed E-state index contributed by atoms with van der Waals surface area (Å²) < 4.78 is 2.70. The molecule has 0 aliphatic rings. The van der Waals surface area contributed by atoms with E-state index >= 15 is 0 Å². The van der Waals surface area contributed by atoms with Crippen LogP contribution in [0.15, 0.2) is 70.5 Å². The molecule has 0 saturated carbocycles. The minimum Gasteiger partial charge on any atom is -0.311 e. The molecule has 27 heavy (non-hydrogen) atoms. The molecule has 2 aromatic carbocycles. The lowest BCUT2D eigenvalue weighted by Gasteiger charge is -2.03. The molecule has 0 spiro atoms. The van der Waals surface area contributed by atoms with Crippen molar-refractivity contribution in [2.75, 3.05) is 5.32 Å². The molecule has 0 unspecified atom stereocenters. The van der Waals surface area contributed by atoms with Crippen LogP contribution in [0, 0.1) is 0 Å². The van der Waals surface area contributed by atoms with Gasteiger partial charge in [0.05, 0.1) is 11.4 Å². The number of nitrogens with zero attached hydrogens (tertiary/aromatic N) is 3. The van der Waals surface area contributed by atoms with Gasteiger partial charge < -0.3 is 5.32 Å². The third kappa shape index (κ3) is 3.84. The summed E-state index contributed by atoms with van der Waals surface area (Å²) in [6, 6.07) is 19.7. The molecule has 0 atom stereocenters. The van der Waals surface area contributed by atoms with Crippen molar-refractivity contribution < 1.29 is 4.79 Å². The van der Waals surface area contributed by atoms with Crippen LogP contribution in [0.1, 0.15) is 6.92 Å². The van der Waals surface area contributed by atoms with Crippen LogP contribution in [-0.2, 0) is 4.79 Å². The van der Waals surface area contributed by atoms with Crippen molar-refractivity contribution in [2.24, 2.45) is 0 Å². The van der Waals surface area contributed by atoms with E-state index < -0.39 is 0 Å². The summed E-state index contributed by atoms with van der Waals surface area (Å²) >= 11 is 4.92. The zero-order valence-corrected chi connectivity index (χ0v) is 16.8. The van der Waals surface area contributed by atoms with Crippen LogP contribution in [0.3, 0.4) is 0 Å². The Morgan fingerprint density at radius 2 is 1.74 bits per heavy atom. The first-order valence-electron chi connectivity index (χ1n) is 8.25. The first-order chi connectivity index (χ1) is 13.1. The maximum atomic E-state index is 11.6. The van der Waals surface area contributed by atoms with Gasteiger partial charge in [0, 0.05) is 34.0 Å². The molecule has 0 aliphatic carbocycles. The van der Waals surface area contributed by atoms with E-state index in [0.717, 1.165) is 27.0 Å². The minimum absolute atomic E-state index is 0.152. The Hall–Kier alpha value is -2.77. The van der Waals surface area contributed by atoms with Crippen molar-refractivity contribution >= 4 is 39.0 Å². The molecular formula is C20H15BrN4OS. The van der Waals surface area contributed by atoms with E-state index in [1.165, 1.54) is 18.3 Å². The number of hydrogen-bond donors (Lipinski definition) is 1. The first kappa shape index (κ1) is 17.6. The molecule has 7 heteroatoms. The molecule has 0 radical (unpaired) electrons. The molecule has 0 bridgehead atoms. The summed E-state index contributed by atoms with van der Waals surface area (Å²) in [6.07, 6.45) is 0. The Labute approximate surface area is 168 Å². The Morgan fingerprint density at radius 3 is 2.44 bits per heavy atom. The largest absolute Gasteiger partial charge is 0.311 e. The normalized spacial score (nSPS) is 10.7. The highest BCUT2D eigenvalue weighted by Crippen LogP contribution is 2.29. The fourth-order valence-corrected chi connectivity index (χ4v) is 3.72. The lowest BCUT2D eigenvalue weighted by atomic mass is 10.2. The number of carbonyl (C=O) groups excluding carboxylic acids is 1.